The van der Waals surface area contributed by atoms with Gasteiger partial charge in [-0.25, -0.2) is 13.1 Å². The van der Waals surface area contributed by atoms with Crippen molar-refractivity contribution in [3.05, 3.63) is 29.8 Å². The van der Waals surface area contributed by atoms with Crippen molar-refractivity contribution in [1.82, 2.24) is 4.72 Å². The molecule has 0 heterocycles. The number of nitrogens with one attached hydrogen (secondary N) is 1. The van der Waals surface area contributed by atoms with Gasteiger partial charge < -0.3 is 5.73 Å². The predicted molar refractivity (Wildman–Crippen MR) is 67.5 cm³/mol. The number of hydrogen-bond donors (Lipinski definition) is 2. The molecule has 0 amide bonds. The van der Waals surface area contributed by atoms with Crippen LogP contribution in [0.15, 0.2) is 29.2 Å². The molecule has 3 N–H and O–H groups in total. The number of sulfonamides is 1. The van der Waals surface area contributed by atoms with Gasteiger partial charge in [-0.1, -0.05) is 0 Å². The zero-order valence-electron chi connectivity index (χ0n) is 9.94. The first-order valence-corrected chi connectivity index (χ1v) is 6.55. The van der Waals surface area contributed by atoms with E-state index >= 15 is 0 Å². The summed E-state index contributed by atoms with van der Waals surface area (Å²) in [7, 11) is -3.83. The smallest absolute Gasteiger partial charge is 0.329 e. The molecule has 0 aliphatic rings. The first-order chi connectivity index (χ1) is 8.16. The summed E-state index contributed by atoms with van der Waals surface area (Å²) in [6.07, 6.45) is -4.49. The molecule has 0 aliphatic carbocycles. The Morgan fingerprint density at radius 1 is 1.26 bits per heavy atom. The SMILES string of the molecule is C[C@@H](CN)NS(=O)(=O)c1ccc(C(F)(F)F)cc1.Cl. The maximum absolute atomic E-state index is 12.3. The van der Waals surface area contributed by atoms with Gasteiger partial charge in [-0.05, 0) is 31.2 Å². The Kier molecular flexibility index (Phi) is 6.27. The number of alkyl halides is 3. The van der Waals surface area contributed by atoms with E-state index < -0.39 is 27.8 Å². The molecule has 0 fully saturated rings. The van der Waals surface area contributed by atoms with Gasteiger partial charge in [0, 0.05) is 12.6 Å². The predicted octanol–water partition coefficient (Wildman–Crippen LogP) is 1.75. The molecule has 0 saturated heterocycles. The van der Waals surface area contributed by atoms with E-state index in [4.69, 9.17) is 5.73 Å². The molecule has 0 aromatic heterocycles. The van der Waals surface area contributed by atoms with Crippen LogP contribution in [0.2, 0.25) is 0 Å². The highest BCUT2D eigenvalue weighted by molar-refractivity contribution is 7.89. The van der Waals surface area contributed by atoms with Crippen LogP contribution in [0.5, 0.6) is 0 Å². The second kappa shape index (κ2) is 6.56. The summed E-state index contributed by atoms with van der Waals surface area (Å²) >= 11 is 0. The Morgan fingerprint density at radius 3 is 2.11 bits per heavy atom. The lowest BCUT2D eigenvalue weighted by molar-refractivity contribution is -0.137. The van der Waals surface area contributed by atoms with Gasteiger partial charge in [0.25, 0.3) is 0 Å². The van der Waals surface area contributed by atoms with Gasteiger partial charge in [-0.3, -0.25) is 0 Å². The third-order valence-corrected chi connectivity index (χ3v) is 3.81. The highest BCUT2D eigenvalue weighted by atomic mass is 35.5. The van der Waals surface area contributed by atoms with E-state index in [9.17, 15) is 21.6 Å². The van der Waals surface area contributed by atoms with Gasteiger partial charge in [0.2, 0.25) is 10.0 Å². The maximum Gasteiger partial charge on any atom is 0.416 e. The summed E-state index contributed by atoms with van der Waals surface area (Å²) < 4.78 is 62.6. The first-order valence-electron chi connectivity index (χ1n) is 5.06. The van der Waals surface area contributed by atoms with Crippen LogP contribution in [0.4, 0.5) is 13.2 Å². The molecular formula is C10H14ClF3N2O2S. The van der Waals surface area contributed by atoms with Crippen LogP contribution in [-0.4, -0.2) is 21.0 Å². The standard InChI is InChI=1S/C10H13F3N2O2S.ClH/c1-7(6-14)15-18(16,17)9-4-2-8(3-5-9)10(11,12)13;/h2-5,7,15H,6,14H2,1H3;1H/t7-;/m0./s1. The highest BCUT2D eigenvalue weighted by Crippen LogP contribution is 2.29. The fraction of sp³-hybridized carbons (Fsp3) is 0.400. The van der Waals surface area contributed by atoms with Crippen LogP contribution in [0.3, 0.4) is 0 Å². The molecule has 110 valence electrons. The first kappa shape index (κ1) is 18.2. The molecule has 19 heavy (non-hydrogen) atoms. The molecule has 1 rings (SSSR count). The van der Waals surface area contributed by atoms with Crippen LogP contribution >= 0.6 is 12.4 Å². The second-order valence-electron chi connectivity index (χ2n) is 3.78. The summed E-state index contributed by atoms with van der Waals surface area (Å²) in [5.74, 6) is 0. The summed E-state index contributed by atoms with van der Waals surface area (Å²) in [4.78, 5) is -0.226. The monoisotopic (exact) mass is 318 g/mol. The van der Waals surface area contributed by atoms with Crippen LogP contribution in [-0.2, 0) is 16.2 Å². The van der Waals surface area contributed by atoms with Gasteiger partial charge in [0.15, 0.2) is 0 Å². The molecule has 0 unspecified atom stereocenters. The normalized spacial score (nSPS) is 13.7. The van der Waals surface area contributed by atoms with Crippen molar-refractivity contribution in [1.29, 1.82) is 0 Å². The van der Waals surface area contributed by atoms with E-state index in [1.54, 1.807) is 6.92 Å². The van der Waals surface area contributed by atoms with Crippen LogP contribution < -0.4 is 10.5 Å². The topological polar surface area (TPSA) is 72.2 Å². The third-order valence-electron chi connectivity index (χ3n) is 2.20. The van der Waals surface area contributed by atoms with Gasteiger partial charge >= 0.3 is 6.18 Å². The van der Waals surface area contributed by atoms with E-state index in [-0.39, 0.29) is 23.8 Å². The highest BCUT2D eigenvalue weighted by Gasteiger charge is 2.30. The zero-order chi connectivity index (χ0) is 14.0. The summed E-state index contributed by atoms with van der Waals surface area (Å²) in [6.45, 7) is 1.65. The minimum atomic E-state index is -4.49. The molecule has 1 aromatic rings. The number of benzene rings is 1. The van der Waals surface area contributed by atoms with Crippen molar-refractivity contribution >= 4 is 22.4 Å². The van der Waals surface area contributed by atoms with Crippen molar-refractivity contribution in [3.63, 3.8) is 0 Å². The minimum Gasteiger partial charge on any atom is -0.329 e. The molecule has 0 radical (unpaired) electrons. The lowest BCUT2D eigenvalue weighted by Gasteiger charge is -2.12. The van der Waals surface area contributed by atoms with Gasteiger partial charge in [0.1, 0.15) is 0 Å². The molecule has 0 bridgehead atoms. The van der Waals surface area contributed by atoms with E-state index in [0.29, 0.717) is 0 Å². The van der Waals surface area contributed by atoms with Gasteiger partial charge in [-0.2, -0.15) is 13.2 Å². The number of hydrogen-bond acceptors (Lipinski definition) is 3. The Bertz CT molecular complexity index is 503. The van der Waals surface area contributed by atoms with Crippen molar-refractivity contribution in [2.24, 2.45) is 5.73 Å². The average molecular weight is 319 g/mol. The van der Waals surface area contributed by atoms with E-state index in [2.05, 4.69) is 4.72 Å². The Labute approximate surface area is 115 Å². The van der Waals surface area contributed by atoms with Crippen LogP contribution in [0, 0.1) is 0 Å². The largest absolute Gasteiger partial charge is 0.416 e. The Morgan fingerprint density at radius 2 is 1.74 bits per heavy atom. The molecule has 0 spiro atoms. The molecule has 4 nitrogen and oxygen atoms in total. The van der Waals surface area contributed by atoms with E-state index in [0.717, 1.165) is 24.3 Å². The second-order valence-corrected chi connectivity index (χ2v) is 5.49. The molecule has 9 heteroatoms. The van der Waals surface area contributed by atoms with Gasteiger partial charge in [0.05, 0.1) is 10.5 Å². The summed E-state index contributed by atoms with van der Waals surface area (Å²) in [6, 6.07) is 2.78. The minimum absolute atomic E-state index is 0. The van der Waals surface area contributed by atoms with Crippen molar-refractivity contribution in [2.75, 3.05) is 6.54 Å². The molecule has 1 aromatic carbocycles. The zero-order valence-corrected chi connectivity index (χ0v) is 11.6. The van der Waals surface area contributed by atoms with Crippen molar-refractivity contribution in [2.45, 2.75) is 24.0 Å². The summed E-state index contributed by atoms with van der Waals surface area (Å²) in [5.41, 5.74) is 4.37. The number of halogens is 4. The quantitative estimate of drug-likeness (QED) is 0.888. The molecule has 0 aliphatic heterocycles. The molecule has 0 saturated carbocycles. The Balaban J connectivity index is 0.00000324. The molecular weight excluding hydrogens is 305 g/mol. The molecule has 1 atom stereocenters. The number of nitrogens with two attached hydrogens (primary N) is 1. The fourth-order valence-electron chi connectivity index (χ4n) is 1.20. The van der Waals surface area contributed by atoms with E-state index in [1.165, 1.54) is 0 Å². The van der Waals surface area contributed by atoms with E-state index in [1.807, 2.05) is 0 Å². The number of rotatable bonds is 4. The Hall–Kier alpha value is -0.830. The lowest BCUT2D eigenvalue weighted by Crippen LogP contribution is -2.37. The van der Waals surface area contributed by atoms with Crippen LogP contribution in [0.25, 0.3) is 0 Å². The average Bonchev–Trinajstić information content (AvgIpc) is 2.27. The lowest BCUT2D eigenvalue weighted by atomic mass is 10.2. The van der Waals surface area contributed by atoms with Gasteiger partial charge in [-0.15, -0.1) is 12.4 Å². The maximum atomic E-state index is 12.3. The van der Waals surface area contributed by atoms with Crippen molar-refractivity contribution < 1.29 is 21.6 Å². The summed E-state index contributed by atoms with van der Waals surface area (Å²) in [5, 5.41) is 0. The van der Waals surface area contributed by atoms with Crippen LogP contribution in [0.1, 0.15) is 12.5 Å². The fourth-order valence-corrected chi connectivity index (χ4v) is 2.46. The third kappa shape index (κ3) is 4.98. The van der Waals surface area contributed by atoms with Crippen molar-refractivity contribution in [3.8, 4) is 0 Å².